The molecule has 0 bridgehead atoms. The Labute approximate surface area is 384 Å². The molecule has 6 amide bonds. The molecule has 66 heavy (non-hydrogen) atoms. The molecule has 0 unspecified atom stereocenters. The highest BCUT2D eigenvalue weighted by atomic mass is 16.5. The number of carbonyl (C=O) groups excluding carboxylic acids is 6. The monoisotopic (exact) mass is 897 g/mol. The molecule has 0 radical (unpaired) electrons. The summed E-state index contributed by atoms with van der Waals surface area (Å²) < 4.78 is 5.60. The molecule has 5 aromatic carbocycles. The molecule has 0 saturated heterocycles. The second-order valence-corrected chi connectivity index (χ2v) is 16.2. The van der Waals surface area contributed by atoms with Crippen molar-refractivity contribution in [1.82, 2.24) is 26.6 Å². The number of aliphatic imine (C=N–C) groups is 1. The van der Waals surface area contributed by atoms with E-state index in [0.717, 1.165) is 21.9 Å². The van der Waals surface area contributed by atoms with Crippen molar-refractivity contribution in [2.45, 2.75) is 70.1 Å². The molecule has 0 saturated carbocycles. The van der Waals surface area contributed by atoms with Crippen LogP contribution in [0.25, 0.3) is 10.8 Å². The summed E-state index contributed by atoms with van der Waals surface area (Å²) in [5, 5.41) is 18.4. The summed E-state index contributed by atoms with van der Waals surface area (Å²) in [6, 6.07) is 33.2. The van der Waals surface area contributed by atoms with Crippen molar-refractivity contribution in [3.63, 3.8) is 0 Å². The van der Waals surface area contributed by atoms with Crippen LogP contribution in [0.4, 0.5) is 5.69 Å². The van der Waals surface area contributed by atoms with Crippen LogP contribution in [0, 0.1) is 5.92 Å². The Hall–Kier alpha value is -7.75. The number of fused-ring (bicyclic) bond motifs is 1. The average Bonchev–Trinajstić information content (AvgIpc) is 3.31. The number of nitrogens with zero attached hydrogens (tertiary/aromatic N) is 1. The molecule has 0 aliphatic heterocycles. The Morgan fingerprint density at radius 2 is 1.18 bits per heavy atom. The standard InChI is InChI=1S/C50H59N9O7/c1-32(2)26-40(47(63)55-37-29-36-22-13-14-23-38(36)43(30-37)66-3)58-49(65)42(28-34-18-9-5-10-19-34)59-48(64)41(27-33-16-7-4-8-17-33)56-44(60)31-54-46(62)39(24-15-25-53-50(51)52)57-45(61)35-20-11-6-12-21-35/h4-14,16-23,29-30,32,39-42H,15,24-28,31H2,1-3H3,(H,54,62)(H,55,63)(H,56,60)(H,57,61)(H,58,65)(H,59,64)(H4,51,52,53)/t39-,40-,41-,42-/m0/s1. The van der Waals surface area contributed by atoms with Crippen molar-refractivity contribution in [3.8, 4) is 5.75 Å². The van der Waals surface area contributed by atoms with Gasteiger partial charge in [-0.2, -0.15) is 0 Å². The zero-order valence-electron chi connectivity index (χ0n) is 37.4. The van der Waals surface area contributed by atoms with Crippen LogP contribution in [0.5, 0.6) is 5.75 Å². The summed E-state index contributed by atoms with van der Waals surface area (Å²) in [4.78, 5) is 86.7. The van der Waals surface area contributed by atoms with E-state index in [2.05, 4.69) is 36.9 Å². The van der Waals surface area contributed by atoms with Crippen LogP contribution < -0.4 is 48.1 Å². The Morgan fingerprint density at radius 1 is 0.621 bits per heavy atom. The molecule has 0 aromatic heterocycles. The molecule has 0 heterocycles. The first kappa shape index (κ1) is 49.3. The lowest BCUT2D eigenvalue weighted by molar-refractivity contribution is -0.133. The molecule has 0 aliphatic rings. The minimum absolute atomic E-state index is 0.000383. The number of rotatable bonds is 23. The summed E-state index contributed by atoms with van der Waals surface area (Å²) in [6.07, 6.45) is 0.902. The van der Waals surface area contributed by atoms with Gasteiger partial charge in [0.1, 0.15) is 29.9 Å². The fourth-order valence-electron chi connectivity index (χ4n) is 7.25. The van der Waals surface area contributed by atoms with Crippen LogP contribution in [-0.2, 0) is 36.8 Å². The fourth-order valence-corrected chi connectivity index (χ4v) is 7.25. The second kappa shape index (κ2) is 24.9. The number of nitrogens with two attached hydrogens (primary N) is 2. The summed E-state index contributed by atoms with van der Waals surface area (Å²) in [7, 11) is 1.55. The van der Waals surface area contributed by atoms with Gasteiger partial charge in [-0.25, -0.2) is 0 Å². The molecule has 5 aromatic rings. The first-order valence-electron chi connectivity index (χ1n) is 21.8. The van der Waals surface area contributed by atoms with Gasteiger partial charge in [-0.15, -0.1) is 0 Å². The first-order chi connectivity index (χ1) is 31.8. The van der Waals surface area contributed by atoms with Crippen molar-refractivity contribution in [3.05, 3.63) is 144 Å². The van der Waals surface area contributed by atoms with Crippen LogP contribution in [0.1, 0.15) is 54.6 Å². The maximum Gasteiger partial charge on any atom is 0.251 e. The van der Waals surface area contributed by atoms with E-state index in [9.17, 15) is 28.8 Å². The smallest absolute Gasteiger partial charge is 0.251 e. The van der Waals surface area contributed by atoms with Gasteiger partial charge in [0.15, 0.2) is 5.96 Å². The number of benzene rings is 5. The summed E-state index contributed by atoms with van der Waals surface area (Å²) in [5.74, 6) is -3.09. The third-order valence-electron chi connectivity index (χ3n) is 10.5. The number of hydrogen-bond acceptors (Lipinski definition) is 8. The van der Waals surface area contributed by atoms with Crippen molar-refractivity contribution in [2.75, 3.05) is 25.5 Å². The van der Waals surface area contributed by atoms with Crippen molar-refractivity contribution < 1.29 is 33.5 Å². The average molecular weight is 898 g/mol. The lowest BCUT2D eigenvalue weighted by Crippen LogP contribution is -2.58. The number of hydrogen-bond donors (Lipinski definition) is 8. The molecule has 346 valence electrons. The van der Waals surface area contributed by atoms with Gasteiger partial charge in [-0.1, -0.05) is 117 Å². The SMILES string of the molecule is COc1cc(NC(=O)[C@H](CC(C)C)NC(=O)[C@H](Cc2ccccc2)NC(=O)[C@H](Cc2ccccc2)NC(=O)CNC(=O)[C@H](CCCN=C(N)N)NC(=O)c2ccccc2)cc2ccccc12. The Balaban J connectivity index is 1.32. The minimum atomic E-state index is -1.20. The third kappa shape index (κ3) is 15.5. The van der Waals surface area contributed by atoms with Crippen molar-refractivity contribution >= 4 is 57.9 Å². The Kier molecular flexibility index (Phi) is 18.6. The van der Waals surface area contributed by atoms with Crippen LogP contribution in [0.3, 0.4) is 0 Å². The number of anilines is 1. The van der Waals surface area contributed by atoms with E-state index in [-0.39, 0.29) is 37.7 Å². The summed E-state index contributed by atoms with van der Waals surface area (Å²) in [5.41, 5.74) is 13.2. The summed E-state index contributed by atoms with van der Waals surface area (Å²) in [6.45, 7) is 3.54. The number of methoxy groups -OCH3 is 1. The molecular formula is C50H59N9O7. The van der Waals surface area contributed by atoms with E-state index in [1.807, 2.05) is 80.6 Å². The van der Waals surface area contributed by atoms with E-state index in [1.54, 1.807) is 67.8 Å². The molecule has 5 rings (SSSR count). The maximum atomic E-state index is 14.3. The van der Waals surface area contributed by atoms with Gasteiger partial charge in [-0.05, 0) is 59.9 Å². The lowest BCUT2D eigenvalue weighted by atomic mass is 10.00. The van der Waals surface area contributed by atoms with Crippen molar-refractivity contribution in [2.24, 2.45) is 22.4 Å². The predicted molar refractivity (Wildman–Crippen MR) is 255 cm³/mol. The number of amides is 6. The minimum Gasteiger partial charge on any atom is -0.496 e. The van der Waals surface area contributed by atoms with E-state index >= 15 is 0 Å². The van der Waals surface area contributed by atoms with Crippen LogP contribution in [-0.4, -0.2) is 85.8 Å². The van der Waals surface area contributed by atoms with E-state index in [1.165, 1.54) is 0 Å². The Bertz CT molecular complexity index is 2450. The summed E-state index contributed by atoms with van der Waals surface area (Å²) >= 11 is 0. The first-order valence-corrected chi connectivity index (χ1v) is 21.8. The number of guanidine groups is 1. The fraction of sp³-hybridized carbons (Fsp3) is 0.300. The molecule has 4 atom stereocenters. The van der Waals surface area contributed by atoms with Gasteiger partial charge in [0.05, 0.1) is 13.7 Å². The molecule has 0 aliphatic carbocycles. The molecule has 0 spiro atoms. The van der Waals surface area contributed by atoms with Gasteiger partial charge in [-0.3, -0.25) is 33.8 Å². The third-order valence-corrected chi connectivity index (χ3v) is 10.5. The Morgan fingerprint density at radius 3 is 1.77 bits per heavy atom. The quantitative estimate of drug-likeness (QED) is 0.0270. The molecule has 16 heteroatoms. The predicted octanol–water partition coefficient (Wildman–Crippen LogP) is 3.74. The van der Waals surface area contributed by atoms with E-state index < -0.39 is 66.2 Å². The van der Waals surface area contributed by atoms with E-state index in [4.69, 9.17) is 16.2 Å². The number of nitrogens with one attached hydrogen (secondary N) is 6. The van der Waals surface area contributed by atoms with E-state index in [0.29, 0.717) is 29.8 Å². The largest absolute Gasteiger partial charge is 0.496 e. The highest BCUT2D eigenvalue weighted by molar-refractivity contribution is 6.02. The highest BCUT2D eigenvalue weighted by Crippen LogP contribution is 2.30. The van der Waals surface area contributed by atoms with Gasteiger partial charge in [0.25, 0.3) is 5.91 Å². The molecular weight excluding hydrogens is 839 g/mol. The molecule has 10 N–H and O–H groups in total. The highest BCUT2D eigenvalue weighted by Gasteiger charge is 2.31. The topological polar surface area (TPSA) is 248 Å². The van der Waals surface area contributed by atoms with Gasteiger partial charge in [0.2, 0.25) is 29.5 Å². The number of carbonyl (C=O) groups is 6. The van der Waals surface area contributed by atoms with Crippen LogP contribution >= 0.6 is 0 Å². The number of ether oxygens (including phenoxy) is 1. The van der Waals surface area contributed by atoms with Gasteiger partial charge in [0, 0.05) is 42.1 Å². The zero-order valence-corrected chi connectivity index (χ0v) is 37.4. The van der Waals surface area contributed by atoms with Crippen LogP contribution in [0.2, 0.25) is 0 Å². The molecule has 16 nitrogen and oxygen atoms in total. The normalized spacial score (nSPS) is 12.7. The lowest BCUT2D eigenvalue weighted by Gasteiger charge is -2.26. The van der Waals surface area contributed by atoms with Crippen LogP contribution in [0.15, 0.2) is 132 Å². The zero-order chi connectivity index (χ0) is 47.4. The molecule has 0 fully saturated rings. The van der Waals surface area contributed by atoms with Gasteiger partial charge < -0.3 is 48.1 Å². The van der Waals surface area contributed by atoms with Crippen molar-refractivity contribution in [1.29, 1.82) is 0 Å². The maximum absolute atomic E-state index is 14.3. The second-order valence-electron chi connectivity index (χ2n) is 16.2. The van der Waals surface area contributed by atoms with Gasteiger partial charge >= 0.3 is 0 Å².